The summed E-state index contributed by atoms with van der Waals surface area (Å²) in [6.07, 6.45) is 1.78. The summed E-state index contributed by atoms with van der Waals surface area (Å²) in [6, 6.07) is 5.29. The fourth-order valence-corrected chi connectivity index (χ4v) is 4.28. The summed E-state index contributed by atoms with van der Waals surface area (Å²) in [5.74, 6) is 0.137. The van der Waals surface area contributed by atoms with Gasteiger partial charge in [0.2, 0.25) is 0 Å². The van der Waals surface area contributed by atoms with Crippen molar-refractivity contribution in [1.82, 2.24) is 34.4 Å². The second kappa shape index (κ2) is 13.1. The number of fused-ring (bicyclic) bond motifs is 1. The van der Waals surface area contributed by atoms with Gasteiger partial charge in [0.25, 0.3) is 5.91 Å². The van der Waals surface area contributed by atoms with Crippen LogP contribution >= 0.6 is 0 Å². The zero-order chi connectivity index (χ0) is 29.6. The van der Waals surface area contributed by atoms with Gasteiger partial charge in [-0.1, -0.05) is 6.92 Å². The summed E-state index contributed by atoms with van der Waals surface area (Å²) in [6.45, 7) is 4.36. The number of carbonyl (C=O) groups excluding carboxylic acids is 1. The van der Waals surface area contributed by atoms with Crippen LogP contribution in [0.25, 0.3) is 16.9 Å². The molecule has 3 heterocycles. The van der Waals surface area contributed by atoms with Crippen molar-refractivity contribution in [3.05, 3.63) is 59.8 Å². The molecule has 0 atom stereocenters. The number of nitrogens with zero attached hydrogens (tertiary/aromatic N) is 6. The van der Waals surface area contributed by atoms with Crippen LogP contribution in [0.15, 0.2) is 43.0 Å². The molecule has 0 aliphatic rings. The number of imidazole rings is 1. The summed E-state index contributed by atoms with van der Waals surface area (Å²) in [4.78, 5) is 23.3. The Morgan fingerprint density at radius 2 is 2.00 bits per heavy atom. The number of nitrogens with one attached hydrogen (secondary N) is 2. The molecule has 0 fully saturated rings. The SMILES string of the molecule is CCc1cc(Nc2nccn3c(-c4cn(CCN(C)C)nc4C(F)(F)F)cnc23)ccc1C(=O)NCCOCCN. The Hall–Kier alpha value is -4.01. The van der Waals surface area contributed by atoms with Gasteiger partial charge < -0.3 is 26.0 Å². The van der Waals surface area contributed by atoms with E-state index in [4.69, 9.17) is 10.5 Å². The fourth-order valence-electron chi connectivity index (χ4n) is 4.28. The number of aryl methyl sites for hydroxylation is 1. The molecule has 0 spiro atoms. The van der Waals surface area contributed by atoms with Crippen LogP contribution in [0.2, 0.25) is 0 Å². The molecule has 0 unspecified atom stereocenters. The van der Waals surface area contributed by atoms with Crippen LogP contribution in [-0.2, 0) is 23.9 Å². The third-order valence-corrected chi connectivity index (χ3v) is 6.30. The van der Waals surface area contributed by atoms with Gasteiger partial charge in [-0.25, -0.2) is 9.97 Å². The molecular formula is C27H34F3N9O2. The summed E-state index contributed by atoms with van der Waals surface area (Å²) in [5, 5.41) is 9.86. The lowest BCUT2D eigenvalue weighted by atomic mass is 10.0. The first kappa shape index (κ1) is 30.0. The normalized spacial score (nSPS) is 11.9. The number of anilines is 2. The molecule has 41 heavy (non-hydrogen) atoms. The Balaban J connectivity index is 1.59. The van der Waals surface area contributed by atoms with E-state index in [2.05, 4.69) is 25.7 Å². The molecule has 0 bridgehead atoms. The second-order valence-electron chi connectivity index (χ2n) is 9.58. The molecule has 0 saturated heterocycles. The highest BCUT2D eigenvalue weighted by Gasteiger charge is 2.38. The number of carbonyl (C=O) groups is 1. The monoisotopic (exact) mass is 573 g/mol. The first-order chi connectivity index (χ1) is 19.6. The van der Waals surface area contributed by atoms with E-state index in [0.29, 0.717) is 68.5 Å². The largest absolute Gasteiger partial charge is 0.435 e. The van der Waals surface area contributed by atoms with Crippen LogP contribution < -0.4 is 16.4 Å². The number of nitrogens with two attached hydrogens (primary N) is 1. The molecule has 1 amide bonds. The molecule has 0 radical (unpaired) electrons. The van der Waals surface area contributed by atoms with E-state index >= 15 is 0 Å². The number of ether oxygens (including phenoxy) is 1. The van der Waals surface area contributed by atoms with Gasteiger partial charge in [0.1, 0.15) is 0 Å². The number of benzene rings is 1. The van der Waals surface area contributed by atoms with Crippen molar-refractivity contribution in [2.24, 2.45) is 5.73 Å². The number of likely N-dealkylation sites (N-methyl/N-ethyl adjacent to an activating group) is 1. The number of hydrogen-bond donors (Lipinski definition) is 3. The van der Waals surface area contributed by atoms with Gasteiger partial charge in [-0.3, -0.25) is 13.9 Å². The van der Waals surface area contributed by atoms with Crippen LogP contribution in [0.1, 0.15) is 28.5 Å². The number of halogens is 3. The molecule has 220 valence electrons. The first-order valence-electron chi connectivity index (χ1n) is 13.2. The summed E-state index contributed by atoms with van der Waals surface area (Å²) in [5.41, 5.74) is 6.94. The van der Waals surface area contributed by atoms with E-state index in [1.165, 1.54) is 23.3 Å². The minimum atomic E-state index is -4.64. The Labute approximate surface area is 235 Å². The molecule has 4 N–H and O–H groups in total. The van der Waals surface area contributed by atoms with Gasteiger partial charge in [0.15, 0.2) is 17.2 Å². The fraction of sp³-hybridized carbons (Fsp3) is 0.407. The third-order valence-electron chi connectivity index (χ3n) is 6.30. The lowest BCUT2D eigenvalue weighted by Gasteiger charge is -2.13. The lowest BCUT2D eigenvalue weighted by molar-refractivity contribution is -0.141. The van der Waals surface area contributed by atoms with Crippen molar-refractivity contribution in [2.75, 3.05) is 52.3 Å². The molecule has 4 aromatic rings. The highest BCUT2D eigenvalue weighted by atomic mass is 19.4. The number of aromatic nitrogens is 5. The van der Waals surface area contributed by atoms with Gasteiger partial charge >= 0.3 is 6.18 Å². The van der Waals surface area contributed by atoms with E-state index in [0.717, 1.165) is 5.56 Å². The summed E-state index contributed by atoms with van der Waals surface area (Å²) < 4.78 is 49.9. The Kier molecular flexibility index (Phi) is 9.57. The number of amides is 1. The Bertz CT molecular complexity index is 1480. The average molecular weight is 574 g/mol. The second-order valence-corrected chi connectivity index (χ2v) is 9.58. The van der Waals surface area contributed by atoms with E-state index in [1.54, 1.807) is 22.7 Å². The van der Waals surface area contributed by atoms with Crippen molar-refractivity contribution in [3.8, 4) is 11.3 Å². The Morgan fingerprint density at radius 3 is 2.71 bits per heavy atom. The predicted molar refractivity (Wildman–Crippen MR) is 149 cm³/mol. The lowest BCUT2D eigenvalue weighted by Crippen LogP contribution is -2.28. The van der Waals surface area contributed by atoms with Gasteiger partial charge in [-0.15, -0.1) is 0 Å². The minimum Gasteiger partial charge on any atom is -0.378 e. The summed E-state index contributed by atoms with van der Waals surface area (Å²) in [7, 11) is 3.68. The highest BCUT2D eigenvalue weighted by Crippen LogP contribution is 2.37. The zero-order valence-electron chi connectivity index (χ0n) is 23.2. The van der Waals surface area contributed by atoms with Crippen LogP contribution in [0, 0.1) is 0 Å². The Morgan fingerprint density at radius 1 is 1.20 bits per heavy atom. The number of hydrogen-bond acceptors (Lipinski definition) is 8. The topological polar surface area (TPSA) is 128 Å². The van der Waals surface area contributed by atoms with Crippen molar-refractivity contribution in [2.45, 2.75) is 26.1 Å². The van der Waals surface area contributed by atoms with Gasteiger partial charge in [-0.2, -0.15) is 18.3 Å². The number of alkyl halides is 3. The van der Waals surface area contributed by atoms with Crippen LogP contribution in [0.4, 0.5) is 24.7 Å². The van der Waals surface area contributed by atoms with E-state index in [9.17, 15) is 18.0 Å². The van der Waals surface area contributed by atoms with Crippen LogP contribution in [-0.4, -0.2) is 81.9 Å². The highest BCUT2D eigenvalue weighted by molar-refractivity contribution is 5.96. The van der Waals surface area contributed by atoms with Crippen LogP contribution in [0.5, 0.6) is 0 Å². The van der Waals surface area contributed by atoms with Crippen molar-refractivity contribution in [3.63, 3.8) is 0 Å². The van der Waals surface area contributed by atoms with Crippen LogP contribution in [0.3, 0.4) is 0 Å². The molecular weight excluding hydrogens is 539 g/mol. The van der Waals surface area contributed by atoms with E-state index < -0.39 is 11.9 Å². The van der Waals surface area contributed by atoms with E-state index in [1.807, 2.05) is 32.0 Å². The first-order valence-corrected chi connectivity index (χ1v) is 13.2. The van der Waals surface area contributed by atoms with Crippen molar-refractivity contribution in [1.29, 1.82) is 0 Å². The van der Waals surface area contributed by atoms with Crippen molar-refractivity contribution < 1.29 is 22.7 Å². The molecule has 4 rings (SSSR count). The zero-order valence-corrected chi connectivity index (χ0v) is 23.2. The minimum absolute atomic E-state index is 0.0713. The molecule has 3 aromatic heterocycles. The van der Waals surface area contributed by atoms with Crippen molar-refractivity contribution >= 4 is 23.1 Å². The standard InChI is InChI=1S/C27H34F3N9O2/c1-4-18-15-19(5-6-20(18)26(40)33-9-14-41-13-7-31)35-24-25-34-16-22(39(25)10-8-32-24)21-17-38(12-11-37(2)3)36-23(21)27(28,29)30/h5-6,8,10,15-17H,4,7,9,11-14,31H2,1-3H3,(H,32,35)(H,33,40). The smallest absolute Gasteiger partial charge is 0.378 e. The maximum Gasteiger partial charge on any atom is 0.435 e. The molecule has 14 heteroatoms. The third kappa shape index (κ3) is 7.20. The molecule has 0 saturated carbocycles. The maximum atomic E-state index is 13.9. The quantitative estimate of drug-likeness (QED) is 0.208. The molecule has 0 aliphatic heterocycles. The van der Waals surface area contributed by atoms with Gasteiger partial charge in [-0.05, 0) is 44.3 Å². The van der Waals surface area contributed by atoms with Gasteiger partial charge in [0.05, 0.1) is 37.2 Å². The van der Waals surface area contributed by atoms with E-state index in [-0.39, 0.29) is 17.2 Å². The van der Waals surface area contributed by atoms with Gasteiger partial charge in [0, 0.05) is 49.5 Å². The maximum absolute atomic E-state index is 13.9. The predicted octanol–water partition coefficient (Wildman–Crippen LogP) is 3.18. The molecule has 1 aromatic carbocycles. The molecule has 11 nitrogen and oxygen atoms in total. The summed E-state index contributed by atoms with van der Waals surface area (Å²) >= 11 is 0. The average Bonchev–Trinajstić information content (AvgIpc) is 3.56. The number of rotatable bonds is 13. The molecule has 0 aliphatic carbocycles.